The first-order valence-electron chi connectivity index (χ1n) is 4.42. The zero-order valence-corrected chi connectivity index (χ0v) is 9.09. The van der Waals surface area contributed by atoms with Crippen molar-refractivity contribution in [2.75, 3.05) is 0 Å². The predicted molar refractivity (Wildman–Crippen MR) is 54.0 cm³/mol. The number of carbonyl (C=O) groups excluding carboxylic acids is 2. The summed E-state index contributed by atoms with van der Waals surface area (Å²) in [4.78, 5) is 22.2. The van der Waals surface area contributed by atoms with Crippen LogP contribution in [0.5, 0.6) is 0 Å². The fourth-order valence-corrected chi connectivity index (χ4v) is 0.732. The van der Waals surface area contributed by atoms with Crippen LogP contribution in [0.4, 0.5) is 4.79 Å². The lowest BCUT2D eigenvalue weighted by Gasteiger charge is -2.21. The number of hydrogen-bond acceptors (Lipinski definition) is 3. The standard InChI is InChI=1S/C10H17NO3/c1-6-8(12)7(2)11-9(13)14-10(3,4)5/h6-7H,1H2,2-5H3,(H,11,13)/t7-/m0/s1. The zero-order valence-electron chi connectivity index (χ0n) is 9.09. The fourth-order valence-electron chi connectivity index (χ4n) is 0.732. The Bertz CT molecular complexity index is 240. The lowest BCUT2D eigenvalue weighted by atomic mass is 10.2. The van der Waals surface area contributed by atoms with Crippen LogP contribution < -0.4 is 5.32 Å². The lowest BCUT2D eigenvalue weighted by Crippen LogP contribution is -2.41. The first kappa shape index (κ1) is 12.7. The van der Waals surface area contributed by atoms with E-state index in [0.29, 0.717) is 0 Å². The number of alkyl carbamates (subject to hydrolysis) is 1. The monoisotopic (exact) mass is 199 g/mol. The van der Waals surface area contributed by atoms with Crippen LogP contribution in [0.2, 0.25) is 0 Å². The van der Waals surface area contributed by atoms with E-state index in [1.165, 1.54) is 6.08 Å². The Labute approximate surface area is 84.3 Å². The van der Waals surface area contributed by atoms with Gasteiger partial charge in [0.25, 0.3) is 0 Å². The Balaban J connectivity index is 4.07. The van der Waals surface area contributed by atoms with E-state index in [0.717, 1.165) is 0 Å². The van der Waals surface area contributed by atoms with Gasteiger partial charge in [0.2, 0.25) is 0 Å². The van der Waals surface area contributed by atoms with Crippen LogP contribution in [0, 0.1) is 0 Å². The van der Waals surface area contributed by atoms with Gasteiger partial charge in [-0.2, -0.15) is 0 Å². The molecule has 0 unspecified atom stereocenters. The molecule has 0 aromatic rings. The van der Waals surface area contributed by atoms with Crippen LogP contribution >= 0.6 is 0 Å². The minimum Gasteiger partial charge on any atom is -0.444 e. The van der Waals surface area contributed by atoms with Gasteiger partial charge in [0.05, 0.1) is 6.04 Å². The molecular formula is C10H17NO3. The van der Waals surface area contributed by atoms with Gasteiger partial charge in [-0.15, -0.1) is 0 Å². The normalized spacial score (nSPS) is 12.9. The van der Waals surface area contributed by atoms with Crippen molar-refractivity contribution in [3.05, 3.63) is 12.7 Å². The summed E-state index contributed by atoms with van der Waals surface area (Å²) in [5.41, 5.74) is -0.555. The highest BCUT2D eigenvalue weighted by molar-refractivity contribution is 5.95. The molecule has 0 bridgehead atoms. The third kappa shape index (κ3) is 5.35. The number of rotatable bonds is 3. The first-order valence-corrected chi connectivity index (χ1v) is 4.42. The van der Waals surface area contributed by atoms with Gasteiger partial charge in [0, 0.05) is 0 Å². The average Bonchev–Trinajstić information content (AvgIpc) is 1.99. The molecule has 0 saturated heterocycles. The van der Waals surface area contributed by atoms with Crippen LogP contribution in [-0.4, -0.2) is 23.5 Å². The summed E-state index contributed by atoms with van der Waals surface area (Å²) in [6.45, 7) is 10.2. The quantitative estimate of drug-likeness (QED) is 0.703. The largest absolute Gasteiger partial charge is 0.444 e. The van der Waals surface area contributed by atoms with Gasteiger partial charge in [-0.05, 0) is 33.8 Å². The van der Waals surface area contributed by atoms with Gasteiger partial charge in [-0.3, -0.25) is 4.79 Å². The van der Waals surface area contributed by atoms with Crippen LogP contribution in [0.15, 0.2) is 12.7 Å². The number of carbonyl (C=O) groups is 2. The molecule has 0 aliphatic heterocycles. The molecule has 4 heteroatoms. The summed E-state index contributed by atoms with van der Waals surface area (Å²) >= 11 is 0. The van der Waals surface area contributed by atoms with Gasteiger partial charge < -0.3 is 10.1 Å². The van der Waals surface area contributed by atoms with Gasteiger partial charge in [0.15, 0.2) is 5.78 Å². The highest BCUT2D eigenvalue weighted by atomic mass is 16.6. The van der Waals surface area contributed by atoms with Crippen molar-refractivity contribution in [2.45, 2.75) is 39.3 Å². The molecule has 0 rings (SSSR count). The third-order valence-electron chi connectivity index (χ3n) is 1.36. The maximum absolute atomic E-state index is 11.2. The number of ether oxygens (including phenoxy) is 1. The predicted octanol–water partition coefficient (Wildman–Crippen LogP) is 1.65. The number of nitrogens with one attached hydrogen (secondary N) is 1. The molecule has 4 nitrogen and oxygen atoms in total. The third-order valence-corrected chi connectivity index (χ3v) is 1.36. The molecule has 0 aromatic heterocycles. The Kier molecular flexibility index (Phi) is 4.34. The molecule has 0 saturated carbocycles. The number of ketones is 1. The maximum atomic E-state index is 11.2. The molecule has 0 fully saturated rings. The Hall–Kier alpha value is -1.32. The molecule has 0 aliphatic carbocycles. The molecular weight excluding hydrogens is 182 g/mol. The highest BCUT2D eigenvalue weighted by Crippen LogP contribution is 2.06. The second-order valence-corrected chi connectivity index (χ2v) is 3.97. The van der Waals surface area contributed by atoms with E-state index in [1.54, 1.807) is 27.7 Å². The Morgan fingerprint density at radius 1 is 1.43 bits per heavy atom. The smallest absolute Gasteiger partial charge is 0.408 e. The molecule has 0 aromatic carbocycles. The summed E-state index contributed by atoms with van der Waals surface area (Å²) in [6.07, 6.45) is 0.572. The van der Waals surface area contributed by atoms with E-state index in [2.05, 4.69) is 11.9 Å². The summed E-state index contributed by atoms with van der Waals surface area (Å²) in [5.74, 6) is -0.240. The molecule has 0 radical (unpaired) electrons. The number of amides is 1. The minimum atomic E-state index is -0.597. The van der Waals surface area contributed by atoms with Crippen molar-refractivity contribution in [3.63, 3.8) is 0 Å². The molecule has 1 atom stereocenters. The van der Waals surface area contributed by atoms with E-state index < -0.39 is 17.7 Å². The van der Waals surface area contributed by atoms with Crippen molar-refractivity contribution in [1.82, 2.24) is 5.32 Å². The molecule has 80 valence electrons. The summed E-state index contributed by atoms with van der Waals surface area (Å²) in [5, 5.41) is 2.41. The SMILES string of the molecule is C=CC(=O)[C@H](C)NC(=O)OC(C)(C)C. The minimum absolute atomic E-state index is 0.240. The second kappa shape index (κ2) is 4.79. The molecule has 1 amide bonds. The molecule has 0 heterocycles. The van der Waals surface area contributed by atoms with Crippen LogP contribution in [0.25, 0.3) is 0 Å². The van der Waals surface area contributed by atoms with E-state index in [1.807, 2.05) is 0 Å². The lowest BCUT2D eigenvalue weighted by molar-refractivity contribution is -0.116. The van der Waals surface area contributed by atoms with Gasteiger partial charge in [-0.25, -0.2) is 4.79 Å². The summed E-state index contributed by atoms with van der Waals surface area (Å²) in [7, 11) is 0. The van der Waals surface area contributed by atoms with E-state index in [9.17, 15) is 9.59 Å². The van der Waals surface area contributed by atoms with Gasteiger partial charge in [0.1, 0.15) is 5.60 Å². The van der Waals surface area contributed by atoms with Crippen LogP contribution in [-0.2, 0) is 9.53 Å². The zero-order chi connectivity index (χ0) is 11.4. The number of hydrogen-bond donors (Lipinski definition) is 1. The molecule has 0 spiro atoms. The van der Waals surface area contributed by atoms with E-state index in [-0.39, 0.29) is 5.78 Å². The van der Waals surface area contributed by atoms with Crippen molar-refractivity contribution < 1.29 is 14.3 Å². The topological polar surface area (TPSA) is 55.4 Å². The summed E-state index contributed by atoms with van der Waals surface area (Å²) < 4.78 is 4.97. The van der Waals surface area contributed by atoms with E-state index >= 15 is 0 Å². The Morgan fingerprint density at radius 3 is 2.29 bits per heavy atom. The van der Waals surface area contributed by atoms with Crippen molar-refractivity contribution in [1.29, 1.82) is 0 Å². The second-order valence-electron chi connectivity index (χ2n) is 3.97. The van der Waals surface area contributed by atoms with Crippen molar-refractivity contribution >= 4 is 11.9 Å². The van der Waals surface area contributed by atoms with Gasteiger partial charge >= 0.3 is 6.09 Å². The Morgan fingerprint density at radius 2 is 1.93 bits per heavy atom. The molecule has 0 aliphatic rings. The van der Waals surface area contributed by atoms with Crippen molar-refractivity contribution in [3.8, 4) is 0 Å². The van der Waals surface area contributed by atoms with Gasteiger partial charge in [-0.1, -0.05) is 6.58 Å². The first-order chi connectivity index (χ1) is 6.26. The summed E-state index contributed by atoms with van der Waals surface area (Å²) in [6, 6.07) is -0.595. The maximum Gasteiger partial charge on any atom is 0.408 e. The van der Waals surface area contributed by atoms with E-state index in [4.69, 9.17) is 4.74 Å². The van der Waals surface area contributed by atoms with Crippen molar-refractivity contribution in [2.24, 2.45) is 0 Å². The highest BCUT2D eigenvalue weighted by Gasteiger charge is 2.19. The van der Waals surface area contributed by atoms with Crippen LogP contribution in [0.3, 0.4) is 0 Å². The average molecular weight is 199 g/mol. The molecule has 14 heavy (non-hydrogen) atoms. The molecule has 1 N–H and O–H groups in total. The van der Waals surface area contributed by atoms with Crippen LogP contribution in [0.1, 0.15) is 27.7 Å². The fraction of sp³-hybridized carbons (Fsp3) is 0.600.